The standard InChI is InChI=1S/C41H87N5O/c1-2-3-4-5-6-7-8-9-10-11-12-13-14-15-16-17-18-19-20-21-22-23-24-25-26-27-37-45-46(39-41-40-47-41)38-31-36-44-34-29-28-33-43-35-30-32-42/h41,43-45H,2-40,42H2,1H3. The van der Waals surface area contributed by atoms with E-state index < -0.39 is 0 Å². The molecule has 1 aliphatic heterocycles. The number of hydrogen-bond acceptors (Lipinski definition) is 6. The molecule has 1 unspecified atom stereocenters. The van der Waals surface area contributed by atoms with Crippen LogP contribution in [0.2, 0.25) is 0 Å². The van der Waals surface area contributed by atoms with Crippen LogP contribution in [0.1, 0.15) is 200 Å². The molecule has 0 aromatic carbocycles. The van der Waals surface area contributed by atoms with Gasteiger partial charge in [-0.15, -0.1) is 0 Å². The van der Waals surface area contributed by atoms with E-state index in [2.05, 4.69) is 28.0 Å². The largest absolute Gasteiger partial charge is 0.372 e. The highest BCUT2D eigenvalue weighted by molar-refractivity contribution is 4.73. The average Bonchev–Trinajstić information content (AvgIpc) is 3.90. The second-order valence-corrected chi connectivity index (χ2v) is 14.9. The molecule has 5 N–H and O–H groups in total. The van der Waals surface area contributed by atoms with Crippen LogP contribution in [0.5, 0.6) is 0 Å². The van der Waals surface area contributed by atoms with Crippen molar-refractivity contribution in [2.45, 2.75) is 206 Å². The van der Waals surface area contributed by atoms with E-state index in [4.69, 9.17) is 10.5 Å². The number of nitrogens with zero attached hydrogens (tertiary/aromatic N) is 1. The number of epoxide rings is 1. The Bertz CT molecular complexity index is 576. The molecule has 6 nitrogen and oxygen atoms in total. The maximum Gasteiger partial charge on any atom is 0.0950 e. The molecule has 0 aromatic heterocycles. The third kappa shape index (κ3) is 36.9. The van der Waals surface area contributed by atoms with E-state index in [1.807, 2.05) is 0 Å². The van der Waals surface area contributed by atoms with E-state index in [0.717, 1.165) is 65.4 Å². The fourth-order valence-electron chi connectivity index (χ4n) is 6.70. The number of nitrogens with two attached hydrogens (primary N) is 1. The molecule has 47 heavy (non-hydrogen) atoms. The number of nitrogens with one attached hydrogen (secondary N) is 3. The van der Waals surface area contributed by atoms with Crippen molar-refractivity contribution in [1.82, 2.24) is 21.1 Å². The molecule has 6 heteroatoms. The molecule has 0 radical (unpaired) electrons. The van der Waals surface area contributed by atoms with Crippen LogP contribution in [0.3, 0.4) is 0 Å². The second-order valence-electron chi connectivity index (χ2n) is 14.9. The second kappa shape index (κ2) is 38.6. The van der Waals surface area contributed by atoms with E-state index >= 15 is 0 Å². The van der Waals surface area contributed by atoms with Gasteiger partial charge in [0.05, 0.1) is 12.7 Å². The van der Waals surface area contributed by atoms with Crippen molar-refractivity contribution >= 4 is 0 Å². The van der Waals surface area contributed by atoms with E-state index in [-0.39, 0.29) is 0 Å². The lowest BCUT2D eigenvalue weighted by atomic mass is 10.0. The van der Waals surface area contributed by atoms with Gasteiger partial charge in [-0.25, -0.2) is 5.01 Å². The number of rotatable bonds is 42. The summed E-state index contributed by atoms with van der Waals surface area (Å²) in [6.07, 6.45) is 42.9. The summed E-state index contributed by atoms with van der Waals surface area (Å²) in [6, 6.07) is 0. The van der Waals surface area contributed by atoms with Gasteiger partial charge in [-0.05, 0) is 64.8 Å². The molecule has 0 aromatic rings. The quantitative estimate of drug-likeness (QED) is 0.0295. The molecular formula is C41H87N5O. The number of unbranched alkanes of at least 4 members (excludes halogenated alkanes) is 26. The normalized spacial score (nSPS) is 14.5. The Morgan fingerprint density at radius 1 is 0.468 bits per heavy atom. The summed E-state index contributed by atoms with van der Waals surface area (Å²) in [5, 5.41) is 9.49. The molecule has 0 amide bonds. The third-order valence-electron chi connectivity index (χ3n) is 9.99. The maximum atomic E-state index is 5.53. The predicted octanol–water partition coefficient (Wildman–Crippen LogP) is 10.1. The molecular weight excluding hydrogens is 578 g/mol. The Morgan fingerprint density at radius 3 is 1.19 bits per heavy atom. The van der Waals surface area contributed by atoms with Gasteiger partial charge in [-0.3, -0.25) is 5.43 Å². The smallest absolute Gasteiger partial charge is 0.0950 e. The fourth-order valence-corrected chi connectivity index (χ4v) is 6.70. The summed E-state index contributed by atoms with van der Waals surface area (Å²) >= 11 is 0. The van der Waals surface area contributed by atoms with Gasteiger partial charge in [0.2, 0.25) is 0 Å². The topological polar surface area (TPSA) is 77.9 Å². The van der Waals surface area contributed by atoms with E-state index in [9.17, 15) is 0 Å². The lowest BCUT2D eigenvalue weighted by Crippen LogP contribution is -2.42. The van der Waals surface area contributed by atoms with Gasteiger partial charge in [0.1, 0.15) is 0 Å². The van der Waals surface area contributed by atoms with Crippen LogP contribution in [-0.4, -0.2) is 70.1 Å². The van der Waals surface area contributed by atoms with E-state index in [1.54, 1.807) is 0 Å². The van der Waals surface area contributed by atoms with Crippen LogP contribution in [0.15, 0.2) is 0 Å². The highest BCUT2D eigenvalue weighted by Gasteiger charge is 2.25. The van der Waals surface area contributed by atoms with Gasteiger partial charge in [-0.1, -0.05) is 167 Å². The number of ether oxygens (including phenoxy) is 1. The van der Waals surface area contributed by atoms with E-state index in [1.165, 1.54) is 186 Å². The summed E-state index contributed by atoms with van der Waals surface area (Å²) in [4.78, 5) is 0. The van der Waals surface area contributed by atoms with Gasteiger partial charge in [-0.2, -0.15) is 0 Å². The first-order chi connectivity index (χ1) is 23.4. The van der Waals surface area contributed by atoms with Crippen molar-refractivity contribution in [2.75, 3.05) is 59.0 Å². The first-order valence-electron chi connectivity index (χ1n) is 21.6. The Labute approximate surface area is 295 Å². The lowest BCUT2D eigenvalue weighted by Gasteiger charge is -2.22. The number of hydrogen-bond donors (Lipinski definition) is 4. The lowest BCUT2D eigenvalue weighted by molar-refractivity contribution is 0.166. The minimum absolute atomic E-state index is 0.455. The van der Waals surface area contributed by atoms with Crippen molar-refractivity contribution in [3.63, 3.8) is 0 Å². The molecule has 0 bridgehead atoms. The summed E-state index contributed by atoms with van der Waals surface area (Å²) in [5.74, 6) is 0. The first kappa shape index (κ1) is 44.8. The zero-order chi connectivity index (χ0) is 33.6. The zero-order valence-corrected chi connectivity index (χ0v) is 32.1. The first-order valence-corrected chi connectivity index (χ1v) is 21.6. The van der Waals surface area contributed by atoms with Gasteiger partial charge in [0, 0.05) is 19.6 Å². The molecule has 1 rings (SSSR count). The molecule has 1 fully saturated rings. The van der Waals surface area contributed by atoms with Gasteiger partial charge in [0.15, 0.2) is 0 Å². The van der Waals surface area contributed by atoms with Crippen molar-refractivity contribution < 1.29 is 4.74 Å². The Balaban J connectivity index is 1.74. The van der Waals surface area contributed by atoms with Crippen LogP contribution < -0.4 is 21.8 Å². The number of hydrazine groups is 1. The average molecular weight is 666 g/mol. The minimum Gasteiger partial charge on any atom is -0.372 e. The molecule has 0 saturated carbocycles. The summed E-state index contributed by atoms with van der Waals surface area (Å²) in [5.41, 5.74) is 9.23. The van der Waals surface area contributed by atoms with Crippen LogP contribution in [0.4, 0.5) is 0 Å². The SMILES string of the molecule is CCCCCCCCCCCCCCCCCCCCCCCCCCCCNN(CCCNCCCCNCCCN)CC1CO1. The molecule has 0 aliphatic carbocycles. The van der Waals surface area contributed by atoms with Crippen LogP contribution in [0, 0.1) is 0 Å². The van der Waals surface area contributed by atoms with Crippen LogP contribution in [-0.2, 0) is 4.74 Å². The Kier molecular flexibility index (Phi) is 36.7. The monoisotopic (exact) mass is 666 g/mol. The third-order valence-corrected chi connectivity index (χ3v) is 9.99. The van der Waals surface area contributed by atoms with Gasteiger partial charge >= 0.3 is 0 Å². The summed E-state index contributed by atoms with van der Waals surface area (Å²) < 4.78 is 5.50. The zero-order valence-electron chi connectivity index (χ0n) is 32.1. The molecule has 1 aliphatic rings. The Hall–Kier alpha value is -0.240. The van der Waals surface area contributed by atoms with Gasteiger partial charge in [0.25, 0.3) is 0 Å². The van der Waals surface area contributed by atoms with Crippen molar-refractivity contribution in [1.29, 1.82) is 0 Å². The molecule has 1 saturated heterocycles. The van der Waals surface area contributed by atoms with Crippen molar-refractivity contribution in [2.24, 2.45) is 5.73 Å². The molecule has 1 heterocycles. The summed E-state index contributed by atoms with van der Waals surface area (Å²) in [7, 11) is 0. The summed E-state index contributed by atoms with van der Waals surface area (Å²) in [6.45, 7) is 11.7. The predicted molar refractivity (Wildman–Crippen MR) is 208 cm³/mol. The maximum absolute atomic E-state index is 5.53. The van der Waals surface area contributed by atoms with Crippen LogP contribution >= 0.6 is 0 Å². The minimum atomic E-state index is 0.455. The highest BCUT2D eigenvalue weighted by atomic mass is 16.6. The Morgan fingerprint density at radius 2 is 0.809 bits per heavy atom. The molecule has 1 atom stereocenters. The van der Waals surface area contributed by atoms with Crippen molar-refractivity contribution in [3.8, 4) is 0 Å². The van der Waals surface area contributed by atoms with Crippen LogP contribution in [0.25, 0.3) is 0 Å². The van der Waals surface area contributed by atoms with E-state index in [0.29, 0.717) is 6.10 Å². The fraction of sp³-hybridized carbons (Fsp3) is 1.00. The molecule has 282 valence electrons. The highest BCUT2D eigenvalue weighted by Crippen LogP contribution is 2.16. The van der Waals surface area contributed by atoms with Crippen molar-refractivity contribution in [3.05, 3.63) is 0 Å². The molecule has 0 spiro atoms. The van der Waals surface area contributed by atoms with Gasteiger partial charge < -0.3 is 21.1 Å².